The van der Waals surface area contributed by atoms with Crippen molar-refractivity contribution in [2.24, 2.45) is 0 Å². The third kappa shape index (κ3) is 8.81. The Balaban J connectivity index is 0.000000262. The molecule has 1 radical (unpaired) electrons. The van der Waals surface area contributed by atoms with Crippen LogP contribution in [0.4, 0.5) is 4.39 Å². The molecule has 64 heavy (non-hydrogen) atoms. The van der Waals surface area contributed by atoms with Crippen LogP contribution in [0.25, 0.3) is 83.6 Å². The zero-order chi connectivity index (χ0) is 43.8. The summed E-state index contributed by atoms with van der Waals surface area (Å²) >= 11 is 0. The van der Waals surface area contributed by atoms with E-state index < -0.39 is 8.07 Å². The van der Waals surface area contributed by atoms with Gasteiger partial charge in [-0.15, -0.1) is 48.0 Å². The maximum absolute atomic E-state index is 12.8. The number of hydrogen-bond donors (Lipinski definition) is 0. The predicted octanol–water partition coefficient (Wildman–Crippen LogP) is 15.2. The molecule has 7 heteroatoms. The average Bonchev–Trinajstić information content (AvgIpc) is 3.88. The minimum Gasteiger partial charge on any atom is -0.501 e. The van der Waals surface area contributed by atoms with Gasteiger partial charge in [-0.05, 0) is 87.3 Å². The van der Waals surface area contributed by atoms with Gasteiger partial charge in [0.25, 0.3) is 0 Å². The van der Waals surface area contributed by atoms with Crippen molar-refractivity contribution in [3.63, 3.8) is 0 Å². The van der Waals surface area contributed by atoms with Crippen molar-refractivity contribution in [1.82, 2.24) is 14.5 Å². The summed E-state index contributed by atoms with van der Waals surface area (Å²) in [7, 11) is -1.34. The van der Waals surface area contributed by atoms with Crippen molar-refractivity contribution < 1.29 is 28.9 Å². The van der Waals surface area contributed by atoms with Gasteiger partial charge in [0, 0.05) is 43.2 Å². The molecule has 0 fully saturated rings. The van der Waals surface area contributed by atoms with Gasteiger partial charge in [-0.3, -0.25) is 9.37 Å². The van der Waals surface area contributed by atoms with Gasteiger partial charge in [-0.25, -0.2) is 0 Å². The summed E-state index contributed by atoms with van der Waals surface area (Å²) in [6, 6.07) is 60.1. The molecule has 10 aromatic rings. The van der Waals surface area contributed by atoms with E-state index in [1.165, 1.54) is 50.8 Å². The second-order valence-corrected chi connectivity index (χ2v) is 22.9. The van der Waals surface area contributed by atoms with E-state index in [0.717, 1.165) is 61.2 Å². The number of aromatic nitrogens is 3. The maximum Gasteiger partial charge on any atom is 0.121 e. The van der Waals surface area contributed by atoms with Gasteiger partial charge in [-0.2, -0.15) is 0 Å². The maximum atomic E-state index is 12.8. The zero-order valence-corrected chi connectivity index (χ0v) is 40.6. The van der Waals surface area contributed by atoms with Crippen LogP contribution in [0, 0.1) is 17.9 Å². The first kappa shape index (κ1) is 44.4. The van der Waals surface area contributed by atoms with E-state index in [2.05, 4.69) is 196 Å². The van der Waals surface area contributed by atoms with Crippen molar-refractivity contribution >= 4 is 46.2 Å². The summed E-state index contributed by atoms with van der Waals surface area (Å²) < 4.78 is 21.9. The first-order chi connectivity index (χ1) is 30.4. The molecule has 0 spiro atoms. The van der Waals surface area contributed by atoms with Crippen molar-refractivity contribution in [3.8, 4) is 50.6 Å². The van der Waals surface area contributed by atoms with Gasteiger partial charge < -0.3 is 14.0 Å². The molecule has 4 nitrogen and oxygen atoms in total. The topological polar surface area (TPSA) is 43.9 Å². The Morgan fingerprint density at radius 1 is 0.641 bits per heavy atom. The number of nitrogens with zero attached hydrogens (tertiary/aromatic N) is 3. The molecule has 0 saturated carbocycles. The number of pyridine rings is 1. The summed E-state index contributed by atoms with van der Waals surface area (Å²) in [6.45, 7) is 16.0. The minimum absolute atomic E-state index is 0. The Kier molecular flexibility index (Phi) is 12.8. The van der Waals surface area contributed by atoms with Gasteiger partial charge in [-0.1, -0.05) is 154 Å². The number of hydrogen-bond acceptors (Lipinski definition) is 3. The fraction of sp³-hybridized carbons (Fsp3) is 0.158. The summed E-state index contributed by atoms with van der Waals surface area (Å²) in [5.41, 5.74) is 14.8. The molecule has 0 unspecified atom stereocenters. The first-order valence-corrected chi connectivity index (χ1v) is 25.2. The largest absolute Gasteiger partial charge is 0.501 e. The molecular weight excluding hydrogens is 982 g/mol. The average molecular weight is 1030 g/mol. The van der Waals surface area contributed by atoms with Gasteiger partial charge in [0.2, 0.25) is 0 Å². The molecule has 10 rings (SSSR count). The van der Waals surface area contributed by atoms with Crippen molar-refractivity contribution in [2.45, 2.75) is 59.2 Å². The van der Waals surface area contributed by atoms with Crippen LogP contribution >= 0.6 is 0 Å². The van der Waals surface area contributed by atoms with Crippen LogP contribution < -0.4 is 5.19 Å². The quantitative estimate of drug-likeness (QED) is 0.113. The van der Waals surface area contributed by atoms with Crippen LogP contribution in [-0.4, -0.2) is 22.6 Å². The van der Waals surface area contributed by atoms with Gasteiger partial charge >= 0.3 is 0 Å². The molecule has 0 bridgehead atoms. The Morgan fingerprint density at radius 2 is 1.30 bits per heavy atom. The van der Waals surface area contributed by atoms with Crippen molar-refractivity contribution in [1.29, 1.82) is 0 Å². The van der Waals surface area contributed by atoms with Crippen LogP contribution in [0.2, 0.25) is 19.6 Å². The third-order valence-corrected chi connectivity index (χ3v) is 13.8. The second kappa shape index (κ2) is 18.5. The van der Waals surface area contributed by atoms with Crippen molar-refractivity contribution in [2.75, 3.05) is 0 Å². The smallest absolute Gasteiger partial charge is 0.121 e. The summed E-state index contributed by atoms with van der Waals surface area (Å²) in [6.07, 6.45) is 1.82. The van der Waals surface area contributed by atoms with E-state index in [1.807, 2.05) is 18.3 Å². The van der Waals surface area contributed by atoms with E-state index in [-0.39, 0.29) is 37.8 Å². The molecule has 0 aliphatic carbocycles. The van der Waals surface area contributed by atoms with Gasteiger partial charge in [0.15, 0.2) is 0 Å². The summed E-state index contributed by atoms with van der Waals surface area (Å²) in [4.78, 5) is 9.62. The van der Waals surface area contributed by atoms with E-state index in [4.69, 9.17) is 9.40 Å². The van der Waals surface area contributed by atoms with E-state index in [9.17, 15) is 4.39 Å². The number of imidazole rings is 1. The molecule has 0 aliphatic rings. The Hall–Kier alpha value is -6.24. The first-order valence-electron chi connectivity index (χ1n) is 21.7. The number of halogens is 1. The molecule has 0 saturated heterocycles. The molecule has 0 N–H and O–H groups in total. The van der Waals surface area contributed by atoms with Crippen LogP contribution in [0.15, 0.2) is 168 Å². The third-order valence-electron chi connectivity index (χ3n) is 11.7. The molecule has 0 aliphatic heterocycles. The molecular formula is C57H50FIrN3OSi-2. The van der Waals surface area contributed by atoms with Crippen LogP contribution in [-0.2, 0) is 20.1 Å². The molecule has 321 valence electrons. The van der Waals surface area contributed by atoms with Crippen LogP contribution in [0.5, 0.6) is 0 Å². The second-order valence-electron chi connectivity index (χ2n) is 17.8. The Labute approximate surface area is 390 Å². The Morgan fingerprint density at radius 3 is 1.94 bits per heavy atom. The van der Waals surface area contributed by atoms with Crippen LogP contribution in [0.1, 0.15) is 50.7 Å². The monoisotopic (exact) mass is 1030 g/mol. The molecule has 0 atom stereocenters. The van der Waals surface area contributed by atoms with Crippen molar-refractivity contribution in [3.05, 3.63) is 193 Å². The molecule has 0 amide bonds. The standard InChI is InChI=1S/C43H35N2O.C14H15FNSi.Ir/c1-27(2)36-24-32(30-16-9-6-10-17-30)25-37(28(3)4)41(36)45-39-21-12-11-20-38(39)44-43(45)35-19-13-18-34-33-23-22-31(26-40(33)46-42(34)35)29-14-7-5-8-15-29;1-17(2,3)13-8-9-16-14(10-13)11-4-6-12(15)7-5-11;/h5-18,20-28H,1-4H3;4,6-10H,1-3H3;/q2*-1;. The number of rotatable bonds is 8. The normalized spacial score (nSPS) is 11.6. The fourth-order valence-corrected chi connectivity index (χ4v) is 9.51. The zero-order valence-electron chi connectivity index (χ0n) is 37.2. The van der Waals surface area contributed by atoms with Crippen LogP contribution in [0.3, 0.4) is 0 Å². The number of para-hydroxylation sites is 2. The number of furan rings is 1. The number of fused-ring (bicyclic) bond motifs is 4. The van der Waals surface area contributed by atoms with E-state index >= 15 is 0 Å². The van der Waals surface area contributed by atoms with Gasteiger partial charge in [0.05, 0.1) is 30.5 Å². The number of benzene rings is 7. The minimum atomic E-state index is -1.34. The fourth-order valence-electron chi connectivity index (χ4n) is 8.36. The molecule has 3 aromatic heterocycles. The van der Waals surface area contributed by atoms with Gasteiger partial charge in [0.1, 0.15) is 5.58 Å². The SMILES string of the molecule is CC(C)c1cc(-c2ccccc2)cc(C(C)C)c1-n1c(-c2[c-]ccc3c2oc2cc(-c4ccccc4)ccc23)nc2ccccc21.C[Si](C)(C)c1ccnc(-c2[c-]cc(F)cc2)c1.[Ir]. The predicted molar refractivity (Wildman–Crippen MR) is 263 cm³/mol. The molecule has 7 aromatic carbocycles. The Bertz CT molecular complexity index is 3190. The van der Waals surface area contributed by atoms with E-state index in [0.29, 0.717) is 0 Å². The summed E-state index contributed by atoms with van der Waals surface area (Å²) in [5, 5.41) is 3.50. The summed E-state index contributed by atoms with van der Waals surface area (Å²) in [5.74, 6) is 1.14. The molecule has 3 heterocycles. The van der Waals surface area contributed by atoms with E-state index in [1.54, 1.807) is 6.07 Å².